The number of carbonyl (C=O) groups is 1. The number of methoxy groups -OCH3 is 1. The SMILES string of the molecule is COC(=O)CC(/C=C/c1ccccc1C)Cc1cccc(C#N)c1. The molecule has 0 bridgehead atoms. The monoisotopic (exact) mass is 319 g/mol. The first kappa shape index (κ1) is 17.5. The first-order valence-electron chi connectivity index (χ1n) is 7.92. The number of hydrogen-bond donors (Lipinski definition) is 0. The summed E-state index contributed by atoms with van der Waals surface area (Å²) in [6.45, 7) is 2.06. The van der Waals surface area contributed by atoms with Gasteiger partial charge >= 0.3 is 5.97 Å². The Morgan fingerprint density at radius 3 is 2.75 bits per heavy atom. The van der Waals surface area contributed by atoms with E-state index in [-0.39, 0.29) is 11.9 Å². The highest BCUT2D eigenvalue weighted by Crippen LogP contribution is 2.18. The summed E-state index contributed by atoms with van der Waals surface area (Å²) in [7, 11) is 1.40. The van der Waals surface area contributed by atoms with Crippen molar-refractivity contribution in [2.45, 2.75) is 19.8 Å². The van der Waals surface area contributed by atoms with Crippen LogP contribution in [-0.4, -0.2) is 13.1 Å². The number of rotatable bonds is 6. The predicted molar refractivity (Wildman–Crippen MR) is 95.2 cm³/mol. The van der Waals surface area contributed by atoms with E-state index in [2.05, 4.69) is 37.3 Å². The van der Waals surface area contributed by atoms with Gasteiger partial charge in [0.25, 0.3) is 0 Å². The standard InChI is InChI=1S/C21H21NO2/c1-16-6-3-4-9-20(16)11-10-18(14-21(23)24-2)12-17-7-5-8-19(13-17)15-22/h3-11,13,18H,12,14H2,1-2H3/b11-10+. The largest absolute Gasteiger partial charge is 0.469 e. The third kappa shape index (κ3) is 5.10. The maximum absolute atomic E-state index is 11.7. The Morgan fingerprint density at radius 2 is 2.04 bits per heavy atom. The van der Waals surface area contributed by atoms with Gasteiger partial charge in [0.15, 0.2) is 0 Å². The predicted octanol–water partition coefficient (Wildman–Crippen LogP) is 4.30. The van der Waals surface area contributed by atoms with Gasteiger partial charge < -0.3 is 4.74 Å². The highest BCUT2D eigenvalue weighted by atomic mass is 16.5. The highest BCUT2D eigenvalue weighted by Gasteiger charge is 2.13. The molecule has 122 valence electrons. The number of nitriles is 1. The second-order valence-electron chi connectivity index (χ2n) is 5.77. The zero-order valence-corrected chi connectivity index (χ0v) is 14.0. The van der Waals surface area contributed by atoms with Gasteiger partial charge in [-0.2, -0.15) is 5.26 Å². The Hall–Kier alpha value is -2.86. The quantitative estimate of drug-likeness (QED) is 0.746. The van der Waals surface area contributed by atoms with Crippen LogP contribution in [0.1, 0.15) is 28.7 Å². The van der Waals surface area contributed by atoms with Gasteiger partial charge in [0, 0.05) is 0 Å². The third-order valence-corrected chi connectivity index (χ3v) is 3.95. The van der Waals surface area contributed by atoms with Crippen LogP contribution in [0.2, 0.25) is 0 Å². The summed E-state index contributed by atoms with van der Waals surface area (Å²) in [5.74, 6) is -0.211. The van der Waals surface area contributed by atoms with Crippen LogP contribution in [0.4, 0.5) is 0 Å². The van der Waals surface area contributed by atoms with E-state index >= 15 is 0 Å². The molecule has 0 spiro atoms. The van der Waals surface area contributed by atoms with Crippen LogP contribution < -0.4 is 0 Å². The van der Waals surface area contributed by atoms with Gasteiger partial charge in [-0.15, -0.1) is 0 Å². The van der Waals surface area contributed by atoms with Crippen LogP contribution in [0.15, 0.2) is 54.6 Å². The maximum Gasteiger partial charge on any atom is 0.306 e. The van der Waals surface area contributed by atoms with E-state index in [1.54, 1.807) is 6.07 Å². The Kier molecular flexibility index (Phi) is 6.33. The molecule has 1 atom stereocenters. The number of benzene rings is 2. The summed E-state index contributed by atoms with van der Waals surface area (Å²) in [6.07, 6.45) is 5.11. The van der Waals surface area contributed by atoms with Crippen molar-refractivity contribution in [1.29, 1.82) is 5.26 Å². The molecule has 2 aromatic rings. The molecule has 0 aliphatic carbocycles. The lowest BCUT2D eigenvalue weighted by Crippen LogP contribution is -2.10. The van der Waals surface area contributed by atoms with Gasteiger partial charge in [0.1, 0.15) is 0 Å². The van der Waals surface area contributed by atoms with Crippen LogP contribution >= 0.6 is 0 Å². The number of ether oxygens (including phenoxy) is 1. The van der Waals surface area contributed by atoms with Gasteiger partial charge in [-0.1, -0.05) is 48.6 Å². The molecule has 0 aliphatic rings. The molecule has 3 heteroatoms. The smallest absolute Gasteiger partial charge is 0.306 e. The van der Waals surface area contributed by atoms with Gasteiger partial charge in [-0.05, 0) is 48.1 Å². The number of allylic oxidation sites excluding steroid dienone is 1. The summed E-state index contributed by atoms with van der Waals surface area (Å²) in [4.78, 5) is 11.7. The van der Waals surface area contributed by atoms with Gasteiger partial charge in [0.05, 0.1) is 25.2 Å². The molecule has 0 N–H and O–H groups in total. The van der Waals surface area contributed by atoms with Crippen molar-refractivity contribution in [1.82, 2.24) is 0 Å². The van der Waals surface area contributed by atoms with Gasteiger partial charge in [-0.25, -0.2) is 0 Å². The van der Waals surface area contributed by atoms with Crippen molar-refractivity contribution >= 4 is 12.0 Å². The Labute approximate surface area is 143 Å². The van der Waals surface area contributed by atoms with E-state index in [1.165, 1.54) is 12.7 Å². The van der Waals surface area contributed by atoms with Crippen molar-refractivity contribution in [2.24, 2.45) is 5.92 Å². The fourth-order valence-corrected chi connectivity index (χ4v) is 2.59. The minimum absolute atomic E-state index is 0.0194. The molecule has 0 radical (unpaired) electrons. The number of carbonyl (C=O) groups excluding carboxylic acids is 1. The lowest BCUT2D eigenvalue weighted by atomic mass is 9.94. The lowest BCUT2D eigenvalue weighted by molar-refractivity contribution is -0.141. The minimum Gasteiger partial charge on any atom is -0.469 e. The van der Waals surface area contributed by atoms with Crippen LogP contribution in [-0.2, 0) is 16.0 Å². The van der Waals surface area contributed by atoms with Gasteiger partial charge in [-0.3, -0.25) is 4.79 Å². The Balaban J connectivity index is 2.19. The molecule has 0 aromatic heterocycles. The van der Waals surface area contributed by atoms with Crippen LogP contribution in [0.5, 0.6) is 0 Å². The number of hydrogen-bond acceptors (Lipinski definition) is 3. The summed E-state index contributed by atoms with van der Waals surface area (Å²) in [5.41, 5.74) is 4.00. The third-order valence-electron chi connectivity index (χ3n) is 3.95. The summed E-state index contributed by atoms with van der Waals surface area (Å²) >= 11 is 0. The zero-order valence-electron chi connectivity index (χ0n) is 14.0. The topological polar surface area (TPSA) is 50.1 Å². The first-order chi connectivity index (χ1) is 11.6. The second kappa shape index (κ2) is 8.69. The second-order valence-corrected chi connectivity index (χ2v) is 5.77. The molecular weight excluding hydrogens is 298 g/mol. The molecule has 1 unspecified atom stereocenters. The van der Waals surface area contributed by atoms with E-state index in [0.717, 1.165) is 11.1 Å². The molecule has 0 fully saturated rings. The van der Waals surface area contributed by atoms with E-state index in [0.29, 0.717) is 18.4 Å². The fraction of sp³-hybridized carbons (Fsp3) is 0.238. The molecule has 0 amide bonds. The molecule has 24 heavy (non-hydrogen) atoms. The van der Waals surface area contributed by atoms with E-state index in [9.17, 15) is 4.79 Å². The van der Waals surface area contributed by atoms with Gasteiger partial charge in [0.2, 0.25) is 0 Å². The molecule has 0 heterocycles. The normalized spacial score (nSPS) is 11.9. The van der Waals surface area contributed by atoms with Crippen molar-refractivity contribution in [2.75, 3.05) is 7.11 Å². The molecule has 2 aromatic carbocycles. The van der Waals surface area contributed by atoms with E-state index < -0.39 is 0 Å². The average molecular weight is 319 g/mol. The van der Waals surface area contributed by atoms with Crippen LogP contribution in [0, 0.1) is 24.2 Å². The van der Waals surface area contributed by atoms with Crippen molar-refractivity contribution in [3.63, 3.8) is 0 Å². The van der Waals surface area contributed by atoms with Crippen LogP contribution in [0.25, 0.3) is 6.08 Å². The van der Waals surface area contributed by atoms with Crippen molar-refractivity contribution in [3.05, 3.63) is 76.9 Å². The zero-order chi connectivity index (χ0) is 17.4. The van der Waals surface area contributed by atoms with E-state index in [1.807, 2.05) is 30.3 Å². The Morgan fingerprint density at radius 1 is 1.25 bits per heavy atom. The first-order valence-corrected chi connectivity index (χ1v) is 7.92. The molecular formula is C21H21NO2. The highest BCUT2D eigenvalue weighted by molar-refractivity contribution is 5.70. The van der Waals surface area contributed by atoms with Crippen LogP contribution in [0.3, 0.4) is 0 Å². The molecule has 0 saturated carbocycles. The lowest BCUT2D eigenvalue weighted by Gasteiger charge is -2.12. The minimum atomic E-state index is -0.231. The average Bonchev–Trinajstić information content (AvgIpc) is 2.60. The number of nitrogens with zero attached hydrogens (tertiary/aromatic N) is 1. The molecule has 0 saturated heterocycles. The molecule has 2 rings (SSSR count). The maximum atomic E-state index is 11.7. The van der Waals surface area contributed by atoms with E-state index in [4.69, 9.17) is 10.00 Å². The summed E-state index contributed by atoms with van der Waals surface area (Å²) in [5, 5.41) is 9.02. The summed E-state index contributed by atoms with van der Waals surface area (Å²) in [6, 6.07) is 17.8. The number of aryl methyl sites for hydroxylation is 1. The Bertz CT molecular complexity index is 771. The molecule has 3 nitrogen and oxygen atoms in total. The van der Waals surface area contributed by atoms with Crippen molar-refractivity contribution in [3.8, 4) is 6.07 Å². The molecule has 0 aliphatic heterocycles. The fourth-order valence-electron chi connectivity index (χ4n) is 2.59. The number of esters is 1. The summed E-state index contributed by atoms with van der Waals surface area (Å²) < 4.78 is 4.81. The van der Waals surface area contributed by atoms with Crippen molar-refractivity contribution < 1.29 is 9.53 Å².